The van der Waals surface area contributed by atoms with E-state index in [4.69, 9.17) is 9.47 Å². The summed E-state index contributed by atoms with van der Waals surface area (Å²) in [6, 6.07) is 7.99. The van der Waals surface area contributed by atoms with Gasteiger partial charge in [0.2, 0.25) is 11.8 Å². The molecule has 0 saturated carbocycles. The highest BCUT2D eigenvalue weighted by Crippen LogP contribution is 2.29. The lowest BCUT2D eigenvalue weighted by molar-refractivity contribution is -0.127. The van der Waals surface area contributed by atoms with Gasteiger partial charge in [-0.2, -0.15) is 0 Å². The van der Waals surface area contributed by atoms with Crippen molar-refractivity contribution in [3.8, 4) is 0 Å². The number of ether oxygens (including phenoxy) is 2. The van der Waals surface area contributed by atoms with Crippen LogP contribution in [0.15, 0.2) is 24.3 Å². The van der Waals surface area contributed by atoms with Crippen LogP contribution < -0.4 is 16.0 Å². The van der Waals surface area contributed by atoms with Gasteiger partial charge in [-0.3, -0.25) is 9.59 Å². The second-order valence-electron chi connectivity index (χ2n) is 9.06. The molecule has 1 rings (SSSR count). The minimum absolute atomic E-state index is 0.0215. The number of carbonyl (C=O) groups excluding carboxylic acids is 2. The van der Waals surface area contributed by atoms with Crippen LogP contribution in [0.1, 0.15) is 59.4 Å². The summed E-state index contributed by atoms with van der Waals surface area (Å²) >= 11 is 0. The Morgan fingerprint density at radius 1 is 1.00 bits per heavy atom. The molecule has 0 aliphatic carbocycles. The predicted octanol–water partition coefficient (Wildman–Crippen LogP) is 3.31. The molecule has 1 atom stereocenters. The van der Waals surface area contributed by atoms with E-state index in [9.17, 15) is 9.59 Å². The molecule has 0 aliphatic heterocycles. The molecule has 2 amide bonds. The Bertz CT molecular complexity index is 671. The van der Waals surface area contributed by atoms with E-state index in [0.717, 1.165) is 12.1 Å². The molecule has 1 aromatic rings. The van der Waals surface area contributed by atoms with Crippen LogP contribution in [0.4, 0.5) is 5.69 Å². The van der Waals surface area contributed by atoms with Gasteiger partial charge in [0.25, 0.3) is 0 Å². The largest absolute Gasteiger partial charge is 0.369 e. The van der Waals surface area contributed by atoms with Crippen molar-refractivity contribution in [1.29, 1.82) is 0 Å². The van der Waals surface area contributed by atoms with E-state index < -0.39 is 0 Å². The molecule has 1 aromatic carbocycles. The van der Waals surface area contributed by atoms with Gasteiger partial charge in [0.15, 0.2) is 0 Å². The quantitative estimate of drug-likeness (QED) is 0.390. The molecule has 0 bridgehead atoms. The summed E-state index contributed by atoms with van der Waals surface area (Å²) in [5, 5.41) is 8.95. The number of hydrogen-bond acceptors (Lipinski definition) is 5. The number of rotatable bonds is 14. The summed E-state index contributed by atoms with van der Waals surface area (Å²) in [4.78, 5) is 23.8. The molecule has 1 unspecified atom stereocenters. The van der Waals surface area contributed by atoms with Gasteiger partial charge < -0.3 is 25.4 Å². The molecule has 0 aromatic heterocycles. The Morgan fingerprint density at radius 3 is 2.23 bits per heavy atom. The van der Waals surface area contributed by atoms with Crippen LogP contribution in [-0.4, -0.2) is 56.9 Å². The van der Waals surface area contributed by atoms with Crippen LogP contribution in [0.5, 0.6) is 0 Å². The molecular formula is C24H41N3O4. The summed E-state index contributed by atoms with van der Waals surface area (Å²) in [5.41, 5.74) is 2.04. The van der Waals surface area contributed by atoms with Gasteiger partial charge in [0.1, 0.15) is 13.2 Å². The minimum Gasteiger partial charge on any atom is -0.369 e. The summed E-state index contributed by atoms with van der Waals surface area (Å²) in [6.07, 6.45) is 1.06. The van der Waals surface area contributed by atoms with Crippen molar-refractivity contribution in [1.82, 2.24) is 10.6 Å². The van der Waals surface area contributed by atoms with Crippen LogP contribution in [0.3, 0.4) is 0 Å². The average molecular weight is 436 g/mol. The third kappa shape index (κ3) is 12.5. The molecule has 7 nitrogen and oxygen atoms in total. The molecule has 176 valence electrons. The summed E-state index contributed by atoms with van der Waals surface area (Å²) in [7, 11) is 0. The molecule has 7 heteroatoms. The third-order valence-corrected chi connectivity index (χ3v) is 4.78. The van der Waals surface area contributed by atoms with Gasteiger partial charge in [-0.1, -0.05) is 32.9 Å². The van der Waals surface area contributed by atoms with Crippen molar-refractivity contribution in [3.05, 3.63) is 29.8 Å². The fourth-order valence-electron chi connectivity index (χ4n) is 3.27. The van der Waals surface area contributed by atoms with Crippen molar-refractivity contribution in [2.24, 2.45) is 5.92 Å². The van der Waals surface area contributed by atoms with Crippen LogP contribution in [0.2, 0.25) is 0 Å². The fraction of sp³-hybridized carbons (Fsp3) is 0.667. The van der Waals surface area contributed by atoms with Crippen molar-refractivity contribution in [2.75, 3.05) is 44.8 Å². The van der Waals surface area contributed by atoms with Gasteiger partial charge in [0.05, 0.1) is 13.2 Å². The number of carbonyl (C=O) groups is 2. The van der Waals surface area contributed by atoms with Crippen LogP contribution in [0.25, 0.3) is 0 Å². The average Bonchev–Trinajstić information content (AvgIpc) is 2.68. The lowest BCUT2D eigenvalue weighted by Gasteiger charge is -2.20. The van der Waals surface area contributed by atoms with E-state index >= 15 is 0 Å². The molecule has 0 heterocycles. The van der Waals surface area contributed by atoms with Crippen molar-refractivity contribution < 1.29 is 19.1 Å². The van der Waals surface area contributed by atoms with E-state index in [1.54, 1.807) is 0 Å². The number of nitrogens with one attached hydrogen (secondary N) is 3. The summed E-state index contributed by atoms with van der Waals surface area (Å²) < 4.78 is 10.6. The van der Waals surface area contributed by atoms with Gasteiger partial charge in [-0.15, -0.1) is 0 Å². The highest BCUT2D eigenvalue weighted by Gasteiger charge is 2.14. The van der Waals surface area contributed by atoms with E-state index in [2.05, 4.69) is 63.6 Å². The van der Waals surface area contributed by atoms with E-state index in [-0.39, 0.29) is 43.8 Å². The SMILES string of the molecule is CCC(c1cccc(NC(=O)COCCOCC(=O)NCCNC(C)(C)C)c1)C(C)C. The highest BCUT2D eigenvalue weighted by atomic mass is 16.5. The monoisotopic (exact) mass is 435 g/mol. The molecule has 0 aliphatic rings. The Balaban J connectivity index is 2.18. The standard InChI is InChI=1S/C24H41N3O4/c1-7-21(18(2)3)19-9-8-10-20(15-19)27-23(29)17-31-14-13-30-16-22(28)25-11-12-26-24(4,5)6/h8-10,15,18,21,26H,7,11-14,16-17H2,1-6H3,(H,25,28)(H,27,29). The van der Waals surface area contributed by atoms with E-state index in [1.165, 1.54) is 5.56 Å². The summed E-state index contributed by atoms with van der Waals surface area (Å²) in [6.45, 7) is 14.5. The van der Waals surface area contributed by atoms with Gasteiger partial charge in [0, 0.05) is 24.3 Å². The zero-order valence-corrected chi connectivity index (χ0v) is 20.0. The molecule has 0 radical (unpaired) electrons. The Labute approximate surface area is 187 Å². The fourth-order valence-corrected chi connectivity index (χ4v) is 3.27. The second kappa shape index (κ2) is 14.2. The Hall–Kier alpha value is -1.96. The number of anilines is 1. The first kappa shape index (κ1) is 27.1. The van der Waals surface area contributed by atoms with Gasteiger partial charge in [-0.05, 0) is 56.7 Å². The maximum absolute atomic E-state index is 12.1. The van der Waals surface area contributed by atoms with Crippen LogP contribution >= 0.6 is 0 Å². The molecular weight excluding hydrogens is 394 g/mol. The van der Waals surface area contributed by atoms with Crippen LogP contribution in [0, 0.1) is 5.92 Å². The zero-order valence-electron chi connectivity index (χ0n) is 20.0. The van der Waals surface area contributed by atoms with Gasteiger partial charge in [-0.25, -0.2) is 0 Å². The first-order chi connectivity index (χ1) is 14.6. The minimum atomic E-state index is -0.209. The third-order valence-electron chi connectivity index (χ3n) is 4.78. The van der Waals surface area contributed by atoms with Crippen LogP contribution in [-0.2, 0) is 19.1 Å². The zero-order chi connectivity index (χ0) is 23.3. The highest BCUT2D eigenvalue weighted by molar-refractivity contribution is 5.91. The summed E-state index contributed by atoms with van der Waals surface area (Å²) in [5.74, 6) is 0.637. The van der Waals surface area contributed by atoms with Crippen molar-refractivity contribution >= 4 is 17.5 Å². The Kier molecular flexibility index (Phi) is 12.4. The smallest absolute Gasteiger partial charge is 0.250 e. The molecule has 0 saturated heterocycles. The van der Waals surface area contributed by atoms with Crippen molar-refractivity contribution in [3.63, 3.8) is 0 Å². The number of amides is 2. The lowest BCUT2D eigenvalue weighted by Crippen LogP contribution is -2.42. The maximum Gasteiger partial charge on any atom is 0.250 e. The maximum atomic E-state index is 12.1. The first-order valence-electron chi connectivity index (χ1n) is 11.2. The second-order valence-corrected chi connectivity index (χ2v) is 9.06. The first-order valence-corrected chi connectivity index (χ1v) is 11.2. The number of benzene rings is 1. The topological polar surface area (TPSA) is 88.7 Å². The molecule has 31 heavy (non-hydrogen) atoms. The molecule has 0 fully saturated rings. The molecule has 3 N–H and O–H groups in total. The number of hydrogen-bond donors (Lipinski definition) is 3. The van der Waals surface area contributed by atoms with Gasteiger partial charge >= 0.3 is 0 Å². The normalized spacial score (nSPS) is 12.6. The van der Waals surface area contributed by atoms with E-state index in [1.807, 2.05) is 18.2 Å². The molecule has 0 spiro atoms. The van der Waals surface area contributed by atoms with Crippen molar-refractivity contribution in [2.45, 2.75) is 59.4 Å². The lowest BCUT2D eigenvalue weighted by atomic mass is 9.86. The Morgan fingerprint density at radius 2 is 1.65 bits per heavy atom. The van der Waals surface area contributed by atoms with E-state index in [0.29, 0.717) is 24.9 Å². The predicted molar refractivity (Wildman–Crippen MR) is 125 cm³/mol.